The van der Waals surface area contributed by atoms with Gasteiger partial charge in [0.15, 0.2) is 0 Å². The molecule has 3 aromatic rings. The van der Waals surface area contributed by atoms with Crippen LogP contribution < -0.4 is 9.64 Å². The van der Waals surface area contributed by atoms with Gasteiger partial charge in [-0.15, -0.1) is 0 Å². The molecular weight excluding hydrogens is 531 g/mol. The Bertz CT molecular complexity index is 1200. The van der Waals surface area contributed by atoms with Gasteiger partial charge in [-0.3, -0.25) is 9.69 Å². The van der Waals surface area contributed by atoms with Crippen LogP contribution in [0.1, 0.15) is 22.2 Å². The van der Waals surface area contributed by atoms with E-state index in [0.717, 1.165) is 0 Å². The SMILES string of the molecule is CCN(CCN(C)C)C(=O)Oc1nc(N(C(=O)c2ccc(Cl)cc2Cl)c2ccc(Cl)cc2)sc1C. The van der Waals surface area contributed by atoms with Crippen LogP contribution in [0.25, 0.3) is 0 Å². The van der Waals surface area contributed by atoms with E-state index in [4.69, 9.17) is 39.5 Å². The second-order valence-corrected chi connectivity index (χ2v) is 10.3. The van der Waals surface area contributed by atoms with Gasteiger partial charge in [0.1, 0.15) is 0 Å². The van der Waals surface area contributed by atoms with Crippen molar-refractivity contribution in [2.75, 3.05) is 38.6 Å². The Balaban J connectivity index is 1.96. The largest absolute Gasteiger partial charge is 0.416 e. The average Bonchev–Trinajstić information content (AvgIpc) is 3.14. The average molecular weight is 556 g/mol. The monoisotopic (exact) mass is 554 g/mol. The topological polar surface area (TPSA) is 66.0 Å². The molecule has 2 amide bonds. The van der Waals surface area contributed by atoms with E-state index in [2.05, 4.69) is 4.98 Å². The normalized spacial score (nSPS) is 11.0. The summed E-state index contributed by atoms with van der Waals surface area (Å²) in [5, 5.41) is 1.47. The number of amides is 2. The summed E-state index contributed by atoms with van der Waals surface area (Å²) < 4.78 is 5.61. The number of hydrogen-bond acceptors (Lipinski definition) is 6. The van der Waals surface area contributed by atoms with Crippen molar-refractivity contribution >= 4 is 69.0 Å². The number of hydrogen-bond donors (Lipinski definition) is 0. The molecule has 1 aromatic heterocycles. The van der Waals surface area contributed by atoms with Crippen LogP contribution in [-0.4, -0.2) is 60.5 Å². The highest BCUT2D eigenvalue weighted by molar-refractivity contribution is 7.16. The van der Waals surface area contributed by atoms with Crippen molar-refractivity contribution < 1.29 is 14.3 Å². The summed E-state index contributed by atoms with van der Waals surface area (Å²) in [6.07, 6.45) is -0.501. The maximum absolute atomic E-state index is 13.6. The molecule has 0 atom stereocenters. The number of benzene rings is 2. The zero-order valence-electron chi connectivity index (χ0n) is 19.7. The van der Waals surface area contributed by atoms with Gasteiger partial charge in [0.05, 0.1) is 21.2 Å². The molecule has 0 N–H and O–H groups in total. The van der Waals surface area contributed by atoms with E-state index in [0.29, 0.717) is 45.4 Å². The third-order valence-corrected chi connectivity index (χ3v) is 6.76. The summed E-state index contributed by atoms with van der Waals surface area (Å²) >= 11 is 19.6. The van der Waals surface area contributed by atoms with Gasteiger partial charge in [-0.25, -0.2) is 4.79 Å². The Morgan fingerprint density at radius 3 is 2.26 bits per heavy atom. The van der Waals surface area contributed by atoms with Crippen LogP contribution in [0.15, 0.2) is 42.5 Å². The van der Waals surface area contributed by atoms with E-state index >= 15 is 0 Å². The minimum Gasteiger partial charge on any atom is -0.390 e. The number of ether oxygens (including phenoxy) is 1. The quantitative estimate of drug-likeness (QED) is 0.307. The summed E-state index contributed by atoms with van der Waals surface area (Å²) in [4.78, 5) is 36.5. The van der Waals surface area contributed by atoms with Gasteiger partial charge >= 0.3 is 6.09 Å². The summed E-state index contributed by atoms with van der Waals surface area (Å²) in [5.41, 5.74) is 0.775. The van der Waals surface area contributed by atoms with Gasteiger partial charge in [-0.1, -0.05) is 46.1 Å². The van der Waals surface area contributed by atoms with E-state index in [9.17, 15) is 9.59 Å². The molecule has 186 valence electrons. The molecule has 2 aromatic carbocycles. The van der Waals surface area contributed by atoms with Crippen LogP contribution in [0.5, 0.6) is 5.88 Å². The molecule has 35 heavy (non-hydrogen) atoms. The summed E-state index contributed by atoms with van der Waals surface area (Å²) in [6, 6.07) is 11.4. The number of likely N-dealkylation sites (N-methyl/N-ethyl adjacent to an activating group) is 2. The van der Waals surface area contributed by atoms with Gasteiger partial charge in [0, 0.05) is 29.7 Å². The van der Waals surface area contributed by atoms with Crippen LogP contribution in [-0.2, 0) is 0 Å². The summed E-state index contributed by atoms with van der Waals surface area (Å²) in [6.45, 7) is 5.37. The smallest absolute Gasteiger partial charge is 0.390 e. The number of aromatic nitrogens is 1. The third-order valence-electron chi connectivity index (χ3n) is 5.02. The highest BCUT2D eigenvalue weighted by Crippen LogP contribution is 2.37. The molecule has 0 radical (unpaired) electrons. The first-order chi connectivity index (χ1) is 16.6. The van der Waals surface area contributed by atoms with Crippen molar-refractivity contribution in [3.05, 3.63) is 68.0 Å². The molecule has 0 aliphatic rings. The molecule has 3 rings (SSSR count). The van der Waals surface area contributed by atoms with Crippen molar-refractivity contribution in [2.45, 2.75) is 13.8 Å². The zero-order chi connectivity index (χ0) is 25.7. The lowest BCUT2D eigenvalue weighted by Gasteiger charge is -2.22. The summed E-state index contributed by atoms with van der Waals surface area (Å²) in [7, 11) is 3.87. The molecule has 7 nitrogen and oxygen atoms in total. The van der Waals surface area contributed by atoms with Gasteiger partial charge in [-0.2, -0.15) is 4.98 Å². The Labute approximate surface area is 223 Å². The number of carbonyl (C=O) groups is 2. The number of anilines is 2. The molecule has 0 spiro atoms. The number of aryl methyl sites for hydroxylation is 1. The number of carbonyl (C=O) groups excluding carboxylic acids is 2. The zero-order valence-corrected chi connectivity index (χ0v) is 22.8. The first-order valence-corrected chi connectivity index (χ1v) is 12.7. The van der Waals surface area contributed by atoms with Crippen molar-refractivity contribution in [3.63, 3.8) is 0 Å². The second-order valence-electron chi connectivity index (χ2n) is 7.85. The molecule has 11 heteroatoms. The predicted octanol–water partition coefficient (Wildman–Crippen LogP) is 6.77. The number of halogens is 3. The summed E-state index contributed by atoms with van der Waals surface area (Å²) in [5.74, 6) is -0.269. The fourth-order valence-corrected chi connectivity index (χ4v) is 4.57. The third kappa shape index (κ3) is 6.86. The number of rotatable bonds is 8. The second kappa shape index (κ2) is 12.1. The van der Waals surface area contributed by atoms with E-state index in [-0.39, 0.29) is 16.5 Å². The van der Waals surface area contributed by atoms with Gasteiger partial charge in [0.2, 0.25) is 11.0 Å². The maximum Gasteiger partial charge on any atom is 0.416 e. The highest BCUT2D eigenvalue weighted by Gasteiger charge is 2.27. The van der Waals surface area contributed by atoms with Gasteiger partial charge in [-0.05, 0) is 70.4 Å². The first kappa shape index (κ1) is 27.2. The first-order valence-electron chi connectivity index (χ1n) is 10.7. The Morgan fingerprint density at radius 2 is 1.66 bits per heavy atom. The van der Waals surface area contributed by atoms with E-state index < -0.39 is 12.0 Å². The minimum atomic E-state index is -0.501. The molecule has 1 heterocycles. The van der Waals surface area contributed by atoms with E-state index in [1.165, 1.54) is 22.3 Å². The van der Waals surface area contributed by atoms with Crippen LogP contribution in [0.3, 0.4) is 0 Å². The molecule has 0 saturated carbocycles. The highest BCUT2D eigenvalue weighted by atomic mass is 35.5. The van der Waals surface area contributed by atoms with Crippen LogP contribution in [0.4, 0.5) is 15.6 Å². The maximum atomic E-state index is 13.6. The lowest BCUT2D eigenvalue weighted by Crippen LogP contribution is -2.38. The Morgan fingerprint density at radius 1 is 1.00 bits per heavy atom. The molecular formula is C24H25Cl3N4O3S. The van der Waals surface area contributed by atoms with Crippen LogP contribution >= 0.6 is 46.1 Å². The van der Waals surface area contributed by atoms with E-state index in [1.807, 2.05) is 25.9 Å². The fourth-order valence-electron chi connectivity index (χ4n) is 3.09. The fraction of sp³-hybridized carbons (Fsp3) is 0.292. The molecule has 0 aliphatic carbocycles. The molecule has 0 bridgehead atoms. The standard InChI is InChI=1S/C24H25Cl3N4O3S/c1-5-30(13-12-29(3)4)24(33)34-21-15(2)35-23(28-21)31(18-9-6-16(25)7-10-18)22(32)19-11-8-17(26)14-20(19)27/h6-11,14H,5,12-13H2,1-4H3. The molecule has 0 unspecified atom stereocenters. The van der Waals surface area contributed by atoms with Crippen molar-refractivity contribution in [2.24, 2.45) is 0 Å². The number of thiazole rings is 1. The van der Waals surface area contributed by atoms with Crippen molar-refractivity contribution in [1.82, 2.24) is 14.8 Å². The van der Waals surface area contributed by atoms with Crippen LogP contribution in [0, 0.1) is 6.92 Å². The Kier molecular flexibility index (Phi) is 9.38. The lowest BCUT2D eigenvalue weighted by molar-refractivity contribution is 0.0999. The number of nitrogens with zero attached hydrogens (tertiary/aromatic N) is 4. The lowest BCUT2D eigenvalue weighted by atomic mass is 10.2. The molecule has 0 fully saturated rings. The van der Waals surface area contributed by atoms with Crippen molar-refractivity contribution in [3.8, 4) is 5.88 Å². The Hall–Kier alpha value is -2.36. The molecule has 0 aliphatic heterocycles. The molecule has 0 saturated heterocycles. The van der Waals surface area contributed by atoms with Crippen molar-refractivity contribution in [1.29, 1.82) is 0 Å². The van der Waals surface area contributed by atoms with Gasteiger partial charge < -0.3 is 14.5 Å². The predicted molar refractivity (Wildman–Crippen MR) is 143 cm³/mol. The van der Waals surface area contributed by atoms with Crippen LogP contribution in [0.2, 0.25) is 15.1 Å². The minimum absolute atomic E-state index is 0.146. The van der Waals surface area contributed by atoms with Gasteiger partial charge in [0.25, 0.3) is 5.91 Å². The van der Waals surface area contributed by atoms with E-state index in [1.54, 1.807) is 48.2 Å².